The molecule has 4 aromatic rings. The molecule has 0 spiro atoms. The van der Waals surface area contributed by atoms with E-state index in [1.54, 1.807) is 0 Å². The van der Waals surface area contributed by atoms with Crippen LogP contribution in [0.15, 0.2) is 128 Å². The Morgan fingerprint density at radius 2 is 1.15 bits per heavy atom. The third kappa shape index (κ3) is 4.81. The fraction of sp³-hybridized carbons (Fsp3) is 0.0690. The molecule has 0 amide bonds. The van der Waals surface area contributed by atoms with Crippen LogP contribution in [0.3, 0.4) is 0 Å². The zero-order valence-corrected chi connectivity index (χ0v) is 19.4. The van der Waals surface area contributed by atoms with E-state index in [0.29, 0.717) is 0 Å². The van der Waals surface area contributed by atoms with Crippen molar-refractivity contribution in [3.63, 3.8) is 0 Å². The topological polar surface area (TPSA) is 35.5 Å². The third-order valence-corrected chi connectivity index (χ3v) is 10.4. The van der Waals surface area contributed by atoms with Crippen molar-refractivity contribution in [1.82, 2.24) is 0 Å². The highest BCUT2D eigenvalue weighted by Crippen LogP contribution is 2.14. The van der Waals surface area contributed by atoms with E-state index in [2.05, 4.69) is 110 Å². The normalized spacial score (nSPS) is 10.9. The fourth-order valence-corrected chi connectivity index (χ4v) is 9.03. The molecule has 164 valence electrons. The van der Waals surface area contributed by atoms with Gasteiger partial charge in [-0.1, -0.05) is 110 Å². The molecule has 4 aromatic carbocycles. The lowest BCUT2D eigenvalue weighted by molar-refractivity contribution is -0.138. The van der Waals surface area contributed by atoms with E-state index in [1.165, 1.54) is 20.7 Å². The Hall–Kier alpha value is -3.89. The summed E-state index contributed by atoms with van der Waals surface area (Å²) in [6.45, 7) is 3.86. The molecule has 0 aliphatic carbocycles. The number of ether oxygens (including phenoxy) is 2. The van der Waals surface area contributed by atoms with Gasteiger partial charge in [0.1, 0.15) is 19.0 Å². The average Bonchev–Trinajstić information content (AvgIpc) is 2.89. The molecular formula is C29H26O3Si. The molecule has 0 aliphatic heterocycles. The Morgan fingerprint density at radius 3 is 1.64 bits per heavy atom. The van der Waals surface area contributed by atoms with Gasteiger partial charge in [0.15, 0.2) is 8.07 Å². The zero-order chi connectivity index (χ0) is 22.9. The highest BCUT2D eigenvalue weighted by Gasteiger charge is 2.41. The lowest BCUT2D eigenvalue weighted by atomic mass is 10.3. The van der Waals surface area contributed by atoms with Crippen LogP contribution >= 0.6 is 0 Å². The number of hydrogen-bond acceptors (Lipinski definition) is 3. The molecule has 0 bridgehead atoms. The summed E-state index contributed by atoms with van der Waals surface area (Å²) < 4.78 is 11.0. The number of hydrogen-bond donors (Lipinski definition) is 0. The maximum atomic E-state index is 11.3. The number of carbonyl (C=O) groups is 1. The van der Waals surface area contributed by atoms with E-state index >= 15 is 0 Å². The van der Waals surface area contributed by atoms with Gasteiger partial charge >= 0.3 is 5.97 Å². The Morgan fingerprint density at radius 1 is 0.667 bits per heavy atom. The van der Waals surface area contributed by atoms with Crippen molar-refractivity contribution >= 4 is 34.8 Å². The fourth-order valence-electron chi connectivity index (χ4n) is 4.24. The summed E-state index contributed by atoms with van der Waals surface area (Å²) in [7, 11) is -2.58. The first-order chi connectivity index (χ1) is 16.2. The highest BCUT2D eigenvalue weighted by atomic mass is 28.3. The molecule has 0 heterocycles. The molecule has 0 aliphatic rings. The van der Waals surface area contributed by atoms with Crippen molar-refractivity contribution in [3.8, 4) is 5.75 Å². The molecule has 0 radical (unpaired) electrons. The second-order valence-electron chi connectivity index (χ2n) is 7.60. The van der Waals surface area contributed by atoms with Crippen LogP contribution in [-0.2, 0) is 9.53 Å². The van der Waals surface area contributed by atoms with Crippen molar-refractivity contribution in [3.05, 3.63) is 128 Å². The third-order valence-electron chi connectivity index (χ3n) is 5.65. The summed E-state index contributed by atoms with van der Waals surface area (Å²) in [6, 6.07) is 40.5. The zero-order valence-electron chi connectivity index (χ0n) is 18.4. The number of rotatable bonds is 9. The van der Waals surface area contributed by atoms with Gasteiger partial charge in [-0.25, -0.2) is 4.79 Å². The van der Waals surface area contributed by atoms with Crippen molar-refractivity contribution in [2.45, 2.75) is 0 Å². The number of esters is 1. The van der Waals surface area contributed by atoms with Crippen LogP contribution in [0.5, 0.6) is 5.75 Å². The second-order valence-corrected chi connectivity index (χ2v) is 11.4. The second kappa shape index (κ2) is 10.6. The molecule has 4 heteroatoms. The molecule has 3 nitrogen and oxygen atoms in total. The predicted octanol–water partition coefficient (Wildman–Crippen LogP) is 3.17. The summed E-state index contributed by atoms with van der Waals surface area (Å²) in [5.41, 5.74) is 0. The smallest absolute Gasteiger partial charge is 0.330 e. The van der Waals surface area contributed by atoms with Gasteiger partial charge in [0.25, 0.3) is 0 Å². The van der Waals surface area contributed by atoms with E-state index in [0.717, 1.165) is 11.8 Å². The van der Waals surface area contributed by atoms with Crippen LogP contribution in [0.2, 0.25) is 0 Å². The molecule has 0 saturated carbocycles. The van der Waals surface area contributed by atoms with E-state index in [-0.39, 0.29) is 13.2 Å². The number of carbonyl (C=O) groups excluding carboxylic acids is 1. The summed E-state index contributed by atoms with van der Waals surface area (Å²) >= 11 is 0. The van der Waals surface area contributed by atoms with Crippen molar-refractivity contribution < 1.29 is 14.3 Å². The summed E-state index contributed by atoms with van der Waals surface area (Å²) in [6.07, 6.45) is 1.15. The summed E-state index contributed by atoms with van der Waals surface area (Å²) in [5.74, 6) is 0.304. The molecular weight excluding hydrogens is 424 g/mol. The van der Waals surface area contributed by atoms with E-state index < -0.39 is 14.0 Å². The van der Waals surface area contributed by atoms with Gasteiger partial charge in [-0.3, -0.25) is 0 Å². The quantitative estimate of drug-likeness (QED) is 0.129. The van der Waals surface area contributed by atoms with Crippen LogP contribution in [0.1, 0.15) is 0 Å². The first-order valence-electron chi connectivity index (χ1n) is 10.9. The Labute approximate surface area is 196 Å². The van der Waals surface area contributed by atoms with Gasteiger partial charge in [0, 0.05) is 6.08 Å². The van der Waals surface area contributed by atoms with Gasteiger partial charge in [-0.2, -0.15) is 0 Å². The van der Waals surface area contributed by atoms with Crippen molar-refractivity contribution in [2.75, 3.05) is 13.2 Å². The molecule has 0 aromatic heterocycles. The summed E-state index contributed by atoms with van der Waals surface area (Å²) in [4.78, 5) is 11.3. The lowest BCUT2D eigenvalue weighted by Gasteiger charge is -2.34. The first-order valence-corrected chi connectivity index (χ1v) is 12.9. The van der Waals surface area contributed by atoms with Gasteiger partial charge in [-0.05, 0) is 32.9 Å². The van der Waals surface area contributed by atoms with Crippen molar-refractivity contribution in [1.29, 1.82) is 0 Å². The maximum Gasteiger partial charge on any atom is 0.330 e. The minimum Gasteiger partial charge on any atom is -0.490 e. The Balaban J connectivity index is 1.83. The van der Waals surface area contributed by atoms with Gasteiger partial charge in [0.05, 0.1) is 0 Å². The minimum atomic E-state index is -2.58. The SMILES string of the molecule is C=CC(=O)OCCOc1cccc([Si](c2ccccc2)(c2ccccc2)c2ccccc2)c1. The first kappa shape index (κ1) is 22.3. The molecule has 0 N–H and O–H groups in total. The van der Waals surface area contributed by atoms with Gasteiger partial charge in [-0.15, -0.1) is 0 Å². The Kier molecular flexibility index (Phi) is 7.18. The summed E-state index contributed by atoms with van der Waals surface area (Å²) in [5, 5.41) is 5.14. The van der Waals surface area contributed by atoms with E-state index in [9.17, 15) is 4.79 Å². The van der Waals surface area contributed by atoms with Crippen LogP contribution < -0.4 is 25.5 Å². The maximum absolute atomic E-state index is 11.3. The number of benzene rings is 4. The largest absolute Gasteiger partial charge is 0.490 e. The van der Waals surface area contributed by atoms with Crippen LogP contribution in [-0.4, -0.2) is 27.3 Å². The Bertz CT molecular complexity index is 1090. The van der Waals surface area contributed by atoms with Crippen LogP contribution in [0.4, 0.5) is 0 Å². The predicted molar refractivity (Wildman–Crippen MR) is 137 cm³/mol. The van der Waals surface area contributed by atoms with E-state index in [4.69, 9.17) is 9.47 Å². The molecule has 4 rings (SSSR count). The van der Waals surface area contributed by atoms with Gasteiger partial charge in [0.2, 0.25) is 0 Å². The molecule has 0 atom stereocenters. The van der Waals surface area contributed by atoms with Crippen LogP contribution in [0, 0.1) is 0 Å². The minimum absolute atomic E-state index is 0.174. The standard InChI is InChI=1S/C29H26O3Si/c1-2-29(30)32-22-21-31-24-13-12-20-28(23-24)33(25-14-6-3-7-15-25,26-16-8-4-9-17-26)27-18-10-5-11-19-27/h2-20,23H,1,21-22H2. The molecule has 0 unspecified atom stereocenters. The van der Waals surface area contributed by atoms with Crippen LogP contribution in [0.25, 0.3) is 0 Å². The average molecular weight is 451 g/mol. The molecule has 0 fully saturated rings. The molecule has 33 heavy (non-hydrogen) atoms. The molecule has 0 saturated heterocycles. The lowest BCUT2D eigenvalue weighted by Crippen LogP contribution is -2.74. The van der Waals surface area contributed by atoms with Gasteiger partial charge < -0.3 is 9.47 Å². The highest BCUT2D eigenvalue weighted by molar-refractivity contribution is 7.19. The van der Waals surface area contributed by atoms with E-state index in [1.807, 2.05) is 12.1 Å². The monoisotopic (exact) mass is 450 g/mol. The van der Waals surface area contributed by atoms with Crippen molar-refractivity contribution in [2.24, 2.45) is 0 Å².